The van der Waals surface area contributed by atoms with Crippen molar-refractivity contribution in [1.82, 2.24) is 10.6 Å². The Kier molecular flexibility index (Phi) is 7.92. The molecule has 0 aromatic heterocycles. The monoisotopic (exact) mass is 410 g/mol. The zero-order chi connectivity index (χ0) is 17.2. The quantitative estimate of drug-likeness (QED) is 0.632. The molecule has 24 heavy (non-hydrogen) atoms. The third kappa shape index (κ3) is 6.42. The Morgan fingerprint density at radius 2 is 1.75 bits per heavy atom. The van der Waals surface area contributed by atoms with E-state index in [1.54, 1.807) is 6.07 Å². The van der Waals surface area contributed by atoms with E-state index in [2.05, 4.69) is 26.6 Å². The molecule has 0 fully saturated rings. The Bertz CT molecular complexity index is 667. The summed E-state index contributed by atoms with van der Waals surface area (Å²) in [4.78, 5) is 11.7. The normalized spacial score (nSPS) is 10.2. The lowest BCUT2D eigenvalue weighted by Gasteiger charge is -2.10. The fourth-order valence-electron chi connectivity index (χ4n) is 2.09. The number of nitrogens with one attached hydrogen (secondary N) is 2. The molecule has 0 atom stereocenters. The van der Waals surface area contributed by atoms with Gasteiger partial charge >= 0.3 is 6.03 Å². The van der Waals surface area contributed by atoms with Crippen molar-refractivity contribution in [3.05, 3.63) is 63.6 Å². The zero-order valence-electron chi connectivity index (χ0n) is 13.2. The number of halogens is 2. The molecular weight excluding hydrogens is 392 g/mol. The van der Waals surface area contributed by atoms with Gasteiger partial charge in [0.25, 0.3) is 0 Å². The molecule has 128 valence electrons. The van der Waals surface area contributed by atoms with Crippen molar-refractivity contribution in [2.24, 2.45) is 0 Å². The molecule has 2 N–H and O–H groups in total. The highest BCUT2D eigenvalue weighted by atomic mass is 79.9. The highest BCUT2D eigenvalue weighted by molar-refractivity contribution is 9.10. The highest BCUT2D eigenvalue weighted by Gasteiger charge is 2.02. The summed E-state index contributed by atoms with van der Waals surface area (Å²) in [7, 11) is 0. The Morgan fingerprint density at radius 1 is 1.04 bits per heavy atom. The number of ether oxygens (including phenoxy) is 1. The Labute approximate surface area is 155 Å². The van der Waals surface area contributed by atoms with Crippen molar-refractivity contribution in [3.8, 4) is 5.75 Å². The van der Waals surface area contributed by atoms with Gasteiger partial charge < -0.3 is 15.4 Å². The fraction of sp³-hybridized carbons (Fsp3) is 0.278. The standard InChI is InChI=1S/C18H20BrClN2O2/c19-15-7-2-1-6-14(15)10-12-22-18(23)21-11-5-13-24-17-9-4-3-8-16(17)20/h1-4,6-9H,5,10-13H2,(H2,21,22,23). The summed E-state index contributed by atoms with van der Waals surface area (Å²) in [5, 5.41) is 6.25. The molecule has 0 aliphatic rings. The smallest absolute Gasteiger partial charge is 0.314 e. The van der Waals surface area contributed by atoms with Gasteiger partial charge in [-0.15, -0.1) is 0 Å². The van der Waals surface area contributed by atoms with Crippen molar-refractivity contribution in [2.45, 2.75) is 12.8 Å². The molecule has 0 saturated carbocycles. The number of carbonyl (C=O) groups is 1. The second-order valence-corrected chi connectivity index (χ2v) is 6.42. The van der Waals surface area contributed by atoms with Gasteiger partial charge in [0.15, 0.2) is 0 Å². The van der Waals surface area contributed by atoms with E-state index in [0.717, 1.165) is 10.9 Å². The molecule has 2 aromatic rings. The lowest BCUT2D eigenvalue weighted by Crippen LogP contribution is -2.37. The van der Waals surface area contributed by atoms with Crippen LogP contribution in [0, 0.1) is 0 Å². The molecule has 2 amide bonds. The molecule has 0 aliphatic heterocycles. The molecule has 0 aliphatic carbocycles. The first kappa shape index (κ1) is 18.6. The van der Waals surface area contributed by atoms with E-state index in [1.807, 2.05) is 42.5 Å². The Morgan fingerprint density at radius 3 is 2.54 bits per heavy atom. The van der Waals surface area contributed by atoms with Gasteiger partial charge in [-0.05, 0) is 36.6 Å². The summed E-state index contributed by atoms with van der Waals surface area (Å²) >= 11 is 9.49. The van der Waals surface area contributed by atoms with Gasteiger partial charge in [-0.2, -0.15) is 0 Å². The largest absolute Gasteiger partial charge is 0.492 e. The van der Waals surface area contributed by atoms with Crippen LogP contribution >= 0.6 is 27.5 Å². The van der Waals surface area contributed by atoms with E-state index in [1.165, 1.54) is 5.56 Å². The molecule has 2 aromatic carbocycles. The van der Waals surface area contributed by atoms with Crippen LogP contribution in [-0.2, 0) is 6.42 Å². The van der Waals surface area contributed by atoms with E-state index >= 15 is 0 Å². The molecule has 4 nitrogen and oxygen atoms in total. The van der Waals surface area contributed by atoms with Crippen LogP contribution in [0.3, 0.4) is 0 Å². The molecule has 0 bridgehead atoms. The first-order chi connectivity index (χ1) is 11.7. The average molecular weight is 412 g/mol. The van der Waals surface area contributed by atoms with E-state index in [9.17, 15) is 4.79 Å². The molecule has 0 heterocycles. The number of carbonyl (C=O) groups excluding carboxylic acids is 1. The third-order valence-corrected chi connectivity index (χ3v) is 4.42. The van der Waals surface area contributed by atoms with Gasteiger partial charge in [0.05, 0.1) is 11.6 Å². The summed E-state index contributed by atoms with van der Waals surface area (Å²) in [6.07, 6.45) is 1.49. The predicted octanol–water partition coefficient (Wildman–Crippen LogP) is 4.41. The first-order valence-electron chi connectivity index (χ1n) is 7.79. The minimum Gasteiger partial charge on any atom is -0.492 e. The molecule has 6 heteroatoms. The van der Waals surface area contributed by atoms with Gasteiger partial charge in [0, 0.05) is 17.6 Å². The Balaban J connectivity index is 1.55. The van der Waals surface area contributed by atoms with Crippen LogP contribution in [-0.4, -0.2) is 25.7 Å². The second kappa shape index (κ2) is 10.2. The summed E-state index contributed by atoms with van der Waals surface area (Å²) in [5.41, 5.74) is 1.17. The lowest BCUT2D eigenvalue weighted by atomic mass is 10.1. The van der Waals surface area contributed by atoms with E-state index in [0.29, 0.717) is 36.9 Å². The number of para-hydroxylation sites is 1. The number of benzene rings is 2. The van der Waals surface area contributed by atoms with Crippen LogP contribution in [0.15, 0.2) is 53.0 Å². The van der Waals surface area contributed by atoms with Crippen LogP contribution in [0.1, 0.15) is 12.0 Å². The van der Waals surface area contributed by atoms with Crippen LogP contribution < -0.4 is 15.4 Å². The maximum absolute atomic E-state index is 11.7. The van der Waals surface area contributed by atoms with Crippen molar-refractivity contribution < 1.29 is 9.53 Å². The van der Waals surface area contributed by atoms with Gasteiger partial charge in [0.2, 0.25) is 0 Å². The second-order valence-electron chi connectivity index (χ2n) is 5.16. The summed E-state index contributed by atoms with van der Waals surface area (Å²) in [5.74, 6) is 0.664. The van der Waals surface area contributed by atoms with Crippen LogP contribution in [0.4, 0.5) is 4.79 Å². The predicted molar refractivity (Wildman–Crippen MR) is 101 cm³/mol. The molecule has 2 rings (SSSR count). The SMILES string of the molecule is O=C(NCCCOc1ccccc1Cl)NCCc1ccccc1Br. The Hall–Kier alpha value is -1.72. The number of hydrogen-bond acceptors (Lipinski definition) is 2. The molecule has 0 unspecified atom stereocenters. The van der Waals surface area contributed by atoms with Crippen molar-refractivity contribution >= 4 is 33.6 Å². The van der Waals surface area contributed by atoms with Gasteiger partial charge in [-0.3, -0.25) is 0 Å². The number of amides is 2. The molecular formula is C18H20BrClN2O2. The zero-order valence-corrected chi connectivity index (χ0v) is 15.6. The summed E-state index contributed by atoms with van der Waals surface area (Å²) < 4.78 is 6.62. The maximum atomic E-state index is 11.7. The van der Waals surface area contributed by atoms with Gasteiger partial charge in [-0.25, -0.2) is 4.79 Å². The van der Waals surface area contributed by atoms with E-state index < -0.39 is 0 Å². The average Bonchev–Trinajstić information content (AvgIpc) is 2.58. The minimum atomic E-state index is -0.167. The number of urea groups is 1. The maximum Gasteiger partial charge on any atom is 0.314 e. The van der Waals surface area contributed by atoms with Crippen molar-refractivity contribution in [1.29, 1.82) is 0 Å². The molecule has 0 spiro atoms. The van der Waals surface area contributed by atoms with E-state index in [-0.39, 0.29) is 6.03 Å². The molecule has 0 saturated heterocycles. The third-order valence-electron chi connectivity index (χ3n) is 3.34. The topological polar surface area (TPSA) is 50.4 Å². The van der Waals surface area contributed by atoms with Crippen LogP contribution in [0.5, 0.6) is 5.75 Å². The van der Waals surface area contributed by atoms with E-state index in [4.69, 9.17) is 16.3 Å². The molecule has 0 radical (unpaired) electrons. The van der Waals surface area contributed by atoms with Crippen LogP contribution in [0.2, 0.25) is 5.02 Å². The van der Waals surface area contributed by atoms with Crippen molar-refractivity contribution in [3.63, 3.8) is 0 Å². The summed E-state index contributed by atoms with van der Waals surface area (Å²) in [6.45, 7) is 1.64. The highest BCUT2D eigenvalue weighted by Crippen LogP contribution is 2.22. The lowest BCUT2D eigenvalue weighted by molar-refractivity contribution is 0.239. The number of rotatable bonds is 8. The van der Waals surface area contributed by atoms with Crippen LogP contribution in [0.25, 0.3) is 0 Å². The van der Waals surface area contributed by atoms with Crippen molar-refractivity contribution in [2.75, 3.05) is 19.7 Å². The van der Waals surface area contributed by atoms with Gasteiger partial charge in [0.1, 0.15) is 5.75 Å². The van der Waals surface area contributed by atoms with Gasteiger partial charge in [-0.1, -0.05) is 57.9 Å². The number of hydrogen-bond donors (Lipinski definition) is 2. The first-order valence-corrected chi connectivity index (χ1v) is 8.96. The minimum absolute atomic E-state index is 0.167. The fourth-order valence-corrected chi connectivity index (χ4v) is 2.77. The summed E-state index contributed by atoms with van der Waals surface area (Å²) in [6, 6.07) is 15.2.